The van der Waals surface area contributed by atoms with Crippen LogP contribution in [0.2, 0.25) is 5.02 Å². The number of hydrogen-bond acceptors (Lipinski definition) is 3. The minimum atomic E-state index is -0.842. The number of hydrogen-bond donors (Lipinski definition) is 2. The highest BCUT2D eigenvalue weighted by Crippen LogP contribution is 2.35. The lowest BCUT2D eigenvalue weighted by Crippen LogP contribution is -2.14. The van der Waals surface area contributed by atoms with Gasteiger partial charge in [-0.2, -0.15) is 0 Å². The Bertz CT molecular complexity index is 941. The minimum Gasteiger partial charge on any atom is -0.386 e. The Hall–Kier alpha value is -2.10. The molecule has 2 N–H and O–H groups in total. The molecule has 3 nitrogen and oxygen atoms in total. The Morgan fingerprint density at radius 2 is 1.65 bits per heavy atom. The number of nitrogens with one attached hydrogen (secondary N) is 1. The third kappa shape index (κ3) is 3.69. The van der Waals surface area contributed by atoms with Gasteiger partial charge in [0.15, 0.2) is 0 Å². The zero-order valence-electron chi connectivity index (χ0n) is 15.9. The van der Waals surface area contributed by atoms with Crippen LogP contribution in [0.4, 0.5) is 5.69 Å². The molecule has 1 heterocycles. The topological polar surface area (TPSA) is 45.2 Å². The second-order valence-corrected chi connectivity index (χ2v) is 7.93. The lowest BCUT2D eigenvalue weighted by Gasteiger charge is -2.18. The Kier molecular flexibility index (Phi) is 4.96. The first-order valence-corrected chi connectivity index (χ1v) is 9.24. The average molecular weight is 369 g/mol. The van der Waals surface area contributed by atoms with Crippen LogP contribution in [0, 0.1) is 6.92 Å². The standard InChI is InChI=1S/C22H25ClN2O/c1-13(2)24-21-18-12-16(8-11-19(18)25-14(3)20(21)23)15-6-9-17(10-7-15)22(4,5)26/h6-13,26H,1-5H3,(H,24,25). The molecule has 0 spiro atoms. The molecule has 3 rings (SSSR count). The molecule has 0 bridgehead atoms. The molecular formula is C22H25ClN2O. The van der Waals surface area contributed by atoms with E-state index in [1.165, 1.54) is 0 Å². The summed E-state index contributed by atoms with van der Waals surface area (Å²) in [6.45, 7) is 9.70. The Morgan fingerprint density at radius 3 is 2.23 bits per heavy atom. The van der Waals surface area contributed by atoms with Crippen molar-refractivity contribution in [3.05, 3.63) is 58.7 Å². The summed E-state index contributed by atoms with van der Waals surface area (Å²) in [5, 5.41) is 15.3. The fraction of sp³-hybridized carbons (Fsp3) is 0.318. The molecule has 0 saturated heterocycles. The van der Waals surface area contributed by atoms with Crippen molar-refractivity contribution in [2.24, 2.45) is 0 Å². The second kappa shape index (κ2) is 6.90. The maximum atomic E-state index is 10.1. The van der Waals surface area contributed by atoms with Crippen LogP contribution in [0.1, 0.15) is 39.0 Å². The molecule has 0 aliphatic rings. The quantitative estimate of drug-likeness (QED) is 0.601. The van der Waals surface area contributed by atoms with Crippen molar-refractivity contribution in [2.75, 3.05) is 5.32 Å². The van der Waals surface area contributed by atoms with Gasteiger partial charge in [0, 0.05) is 11.4 Å². The fourth-order valence-corrected chi connectivity index (χ4v) is 3.24. The largest absolute Gasteiger partial charge is 0.386 e. The van der Waals surface area contributed by atoms with E-state index in [1.54, 1.807) is 13.8 Å². The molecule has 0 atom stereocenters. The maximum Gasteiger partial charge on any atom is 0.0856 e. The first-order valence-electron chi connectivity index (χ1n) is 8.86. The smallest absolute Gasteiger partial charge is 0.0856 e. The van der Waals surface area contributed by atoms with E-state index in [1.807, 2.05) is 37.3 Å². The zero-order chi connectivity index (χ0) is 19.1. The lowest BCUT2D eigenvalue weighted by atomic mass is 9.95. The normalized spacial score (nSPS) is 12.0. The van der Waals surface area contributed by atoms with Crippen molar-refractivity contribution >= 4 is 28.2 Å². The number of nitrogens with zero attached hydrogens (tertiary/aromatic N) is 1. The molecule has 0 amide bonds. The van der Waals surface area contributed by atoms with Crippen molar-refractivity contribution < 1.29 is 5.11 Å². The van der Waals surface area contributed by atoms with E-state index >= 15 is 0 Å². The molecule has 0 aliphatic heterocycles. The number of aromatic nitrogens is 1. The first-order chi connectivity index (χ1) is 12.2. The third-order valence-electron chi connectivity index (χ3n) is 4.45. The Balaban J connectivity index is 2.12. The average Bonchev–Trinajstić information content (AvgIpc) is 2.58. The van der Waals surface area contributed by atoms with Gasteiger partial charge in [-0.15, -0.1) is 0 Å². The summed E-state index contributed by atoms with van der Waals surface area (Å²) in [4.78, 5) is 4.62. The summed E-state index contributed by atoms with van der Waals surface area (Å²) in [5.74, 6) is 0. The number of aliphatic hydroxyl groups is 1. The molecule has 4 heteroatoms. The maximum absolute atomic E-state index is 10.1. The summed E-state index contributed by atoms with van der Waals surface area (Å²) < 4.78 is 0. The van der Waals surface area contributed by atoms with E-state index in [2.05, 4.69) is 36.3 Å². The van der Waals surface area contributed by atoms with E-state index in [4.69, 9.17) is 11.6 Å². The van der Waals surface area contributed by atoms with Gasteiger partial charge in [0.05, 0.1) is 27.5 Å². The van der Waals surface area contributed by atoms with Crippen molar-refractivity contribution in [1.29, 1.82) is 0 Å². The van der Waals surface area contributed by atoms with Crippen LogP contribution >= 0.6 is 11.6 Å². The van der Waals surface area contributed by atoms with Gasteiger partial charge in [0.2, 0.25) is 0 Å². The number of pyridine rings is 1. The van der Waals surface area contributed by atoms with Gasteiger partial charge in [0.25, 0.3) is 0 Å². The SMILES string of the molecule is Cc1nc2ccc(-c3ccc(C(C)(C)O)cc3)cc2c(NC(C)C)c1Cl. The van der Waals surface area contributed by atoms with E-state index in [9.17, 15) is 5.11 Å². The van der Waals surface area contributed by atoms with Gasteiger partial charge in [-0.25, -0.2) is 0 Å². The molecular weight excluding hydrogens is 344 g/mol. The molecule has 2 aromatic carbocycles. The van der Waals surface area contributed by atoms with E-state index < -0.39 is 5.60 Å². The highest BCUT2D eigenvalue weighted by atomic mass is 35.5. The Labute approximate surface area is 160 Å². The number of halogens is 1. The molecule has 1 aromatic heterocycles. The van der Waals surface area contributed by atoms with E-state index in [-0.39, 0.29) is 6.04 Å². The van der Waals surface area contributed by atoms with Crippen LogP contribution in [0.5, 0.6) is 0 Å². The number of anilines is 1. The van der Waals surface area contributed by atoms with Crippen molar-refractivity contribution in [3.63, 3.8) is 0 Å². The van der Waals surface area contributed by atoms with Crippen LogP contribution in [-0.4, -0.2) is 16.1 Å². The molecule has 26 heavy (non-hydrogen) atoms. The summed E-state index contributed by atoms with van der Waals surface area (Å²) in [5.41, 5.74) is 4.91. The third-order valence-corrected chi connectivity index (χ3v) is 4.91. The van der Waals surface area contributed by atoms with Crippen molar-refractivity contribution in [3.8, 4) is 11.1 Å². The first kappa shape index (κ1) is 18.7. The number of benzene rings is 2. The van der Waals surface area contributed by atoms with Crippen LogP contribution in [0.15, 0.2) is 42.5 Å². The molecule has 136 valence electrons. The van der Waals surface area contributed by atoms with Gasteiger partial charge in [-0.1, -0.05) is 41.9 Å². The highest BCUT2D eigenvalue weighted by Gasteiger charge is 2.16. The summed E-state index contributed by atoms with van der Waals surface area (Å²) >= 11 is 6.53. The molecule has 0 radical (unpaired) electrons. The van der Waals surface area contributed by atoms with Crippen LogP contribution < -0.4 is 5.32 Å². The van der Waals surface area contributed by atoms with Crippen molar-refractivity contribution in [2.45, 2.75) is 46.3 Å². The van der Waals surface area contributed by atoms with E-state index in [0.29, 0.717) is 5.02 Å². The molecule has 0 unspecified atom stereocenters. The molecule has 0 fully saturated rings. The van der Waals surface area contributed by atoms with Crippen LogP contribution in [0.25, 0.3) is 22.0 Å². The second-order valence-electron chi connectivity index (χ2n) is 7.55. The summed E-state index contributed by atoms with van der Waals surface area (Å²) in [6.07, 6.45) is 0. The molecule has 3 aromatic rings. The van der Waals surface area contributed by atoms with Crippen LogP contribution in [0.3, 0.4) is 0 Å². The van der Waals surface area contributed by atoms with Crippen molar-refractivity contribution in [1.82, 2.24) is 4.98 Å². The zero-order valence-corrected chi connectivity index (χ0v) is 16.6. The summed E-state index contributed by atoms with van der Waals surface area (Å²) in [7, 11) is 0. The van der Waals surface area contributed by atoms with E-state index in [0.717, 1.165) is 39.0 Å². The Morgan fingerprint density at radius 1 is 1.04 bits per heavy atom. The minimum absolute atomic E-state index is 0.271. The fourth-order valence-electron chi connectivity index (χ4n) is 3.04. The van der Waals surface area contributed by atoms with Gasteiger partial charge in [-0.3, -0.25) is 4.98 Å². The summed E-state index contributed by atoms with van der Waals surface area (Å²) in [6, 6.07) is 14.5. The van der Waals surface area contributed by atoms with Gasteiger partial charge in [0.1, 0.15) is 0 Å². The van der Waals surface area contributed by atoms with Gasteiger partial charge < -0.3 is 10.4 Å². The number of rotatable bonds is 4. The van der Waals surface area contributed by atoms with Gasteiger partial charge >= 0.3 is 0 Å². The highest BCUT2D eigenvalue weighted by molar-refractivity contribution is 6.35. The number of aryl methyl sites for hydroxylation is 1. The number of fused-ring (bicyclic) bond motifs is 1. The lowest BCUT2D eigenvalue weighted by molar-refractivity contribution is 0.0786. The monoisotopic (exact) mass is 368 g/mol. The molecule has 0 aliphatic carbocycles. The molecule has 0 saturated carbocycles. The van der Waals surface area contributed by atoms with Gasteiger partial charge in [-0.05, 0) is 63.4 Å². The predicted molar refractivity (Wildman–Crippen MR) is 111 cm³/mol. The predicted octanol–water partition coefficient (Wildman–Crippen LogP) is 5.91. The van der Waals surface area contributed by atoms with Crippen LogP contribution in [-0.2, 0) is 5.60 Å².